The van der Waals surface area contributed by atoms with E-state index in [0.717, 1.165) is 29.2 Å². The maximum atomic E-state index is 4.66. The lowest BCUT2D eigenvalue weighted by molar-refractivity contribution is 0.687. The Bertz CT molecular complexity index is 788. The molecule has 0 bridgehead atoms. The number of nitrogens with one attached hydrogen (secondary N) is 2. The molecule has 5 nitrogen and oxygen atoms in total. The molecule has 0 aliphatic carbocycles. The molecule has 0 unspecified atom stereocenters. The van der Waals surface area contributed by atoms with Crippen molar-refractivity contribution in [1.29, 1.82) is 0 Å². The van der Waals surface area contributed by atoms with E-state index in [9.17, 15) is 0 Å². The first kappa shape index (κ1) is 16.9. The Kier molecular flexibility index (Phi) is 5.57. The number of anilines is 2. The van der Waals surface area contributed by atoms with E-state index in [1.165, 1.54) is 0 Å². The average molecular weight is 333 g/mol. The predicted octanol–water partition coefficient (Wildman–Crippen LogP) is 4.22. The molecule has 2 N–H and O–H groups in total. The molecule has 0 fully saturated rings. The van der Waals surface area contributed by atoms with Crippen molar-refractivity contribution in [2.24, 2.45) is 5.92 Å². The van der Waals surface area contributed by atoms with Crippen molar-refractivity contribution in [1.82, 2.24) is 15.0 Å². The van der Waals surface area contributed by atoms with E-state index in [0.29, 0.717) is 18.4 Å². The summed E-state index contributed by atoms with van der Waals surface area (Å²) in [6, 6.07) is 16.1. The maximum Gasteiger partial charge on any atom is 0.225 e. The summed E-state index contributed by atoms with van der Waals surface area (Å²) in [6.07, 6.45) is 3.61. The average Bonchev–Trinajstić information content (AvgIpc) is 2.66. The van der Waals surface area contributed by atoms with Gasteiger partial charge in [-0.1, -0.05) is 50.2 Å². The zero-order valence-electron chi connectivity index (χ0n) is 14.6. The van der Waals surface area contributed by atoms with Crippen LogP contribution in [0.1, 0.15) is 19.4 Å². The fourth-order valence-corrected chi connectivity index (χ4v) is 2.37. The van der Waals surface area contributed by atoms with Crippen LogP contribution in [0.3, 0.4) is 0 Å². The lowest BCUT2D eigenvalue weighted by atomic mass is 10.1. The number of rotatable bonds is 7. The normalized spacial score (nSPS) is 10.7. The maximum absolute atomic E-state index is 4.66. The van der Waals surface area contributed by atoms with E-state index in [1.54, 1.807) is 6.20 Å². The lowest BCUT2D eigenvalue weighted by Gasteiger charge is -2.12. The minimum atomic E-state index is 0.543. The van der Waals surface area contributed by atoms with Crippen molar-refractivity contribution in [3.05, 3.63) is 66.5 Å². The van der Waals surface area contributed by atoms with Gasteiger partial charge in [-0.3, -0.25) is 4.98 Å². The van der Waals surface area contributed by atoms with Gasteiger partial charge in [-0.2, -0.15) is 4.98 Å². The summed E-state index contributed by atoms with van der Waals surface area (Å²) < 4.78 is 0. The number of pyridine rings is 1. The summed E-state index contributed by atoms with van der Waals surface area (Å²) in [5, 5.41) is 6.69. The van der Waals surface area contributed by atoms with Crippen LogP contribution in [-0.2, 0) is 6.54 Å². The molecule has 3 rings (SSSR count). The van der Waals surface area contributed by atoms with E-state index in [-0.39, 0.29) is 0 Å². The second-order valence-corrected chi connectivity index (χ2v) is 6.32. The van der Waals surface area contributed by atoms with Crippen LogP contribution in [0.15, 0.2) is 60.9 Å². The smallest absolute Gasteiger partial charge is 0.225 e. The first-order valence-electron chi connectivity index (χ1n) is 8.52. The van der Waals surface area contributed by atoms with Crippen LogP contribution < -0.4 is 10.6 Å². The van der Waals surface area contributed by atoms with E-state index in [4.69, 9.17) is 0 Å². The Hall–Kier alpha value is -2.95. The SMILES string of the molecule is CC(C)CNc1cc(-c2ccccc2)nc(NCc2cccnc2)n1. The Labute approximate surface area is 148 Å². The fourth-order valence-electron chi connectivity index (χ4n) is 2.37. The summed E-state index contributed by atoms with van der Waals surface area (Å²) in [6.45, 7) is 5.85. The second-order valence-electron chi connectivity index (χ2n) is 6.32. The molecule has 0 aliphatic rings. The summed E-state index contributed by atoms with van der Waals surface area (Å²) in [4.78, 5) is 13.4. The monoisotopic (exact) mass is 333 g/mol. The van der Waals surface area contributed by atoms with Crippen LogP contribution in [0.25, 0.3) is 11.3 Å². The van der Waals surface area contributed by atoms with Gasteiger partial charge in [0.1, 0.15) is 5.82 Å². The van der Waals surface area contributed by atoms with Crippen LogP contribution in [0.2, 0.25) is 0 Å². The molecule has 128 valence electrons. The first-order valence-corrected chi connectivity index (χ1v) is 8.52. The molecule has 1 aromatic carbocycles. The Morgan fingerprint density at radius 1 is 0.960 bits per heavy atom. The number of hydrogen-bond donors (Lipinski definition) is 2. The van der Waals surface area contributed by atoms with Crippen molar-refractivity contribution in [2.45, 2.75) is 20.4 Å². The summed E-state index contributed by atoms with van der Waals surface area (Å²) in [5.41, 5.74) is 3.06. The highest BCUT2D eigenvalue weighted by Crippen LogP contribution is 2.21. The minimum Gasteiger partial charge on any atom is -0.370 e. The zero-order valence-corrected chi connectivity index (χ0v) is 14.6. The highest BCUT2D eigenvalue weighted by atomic mass is 15.1. The van der Waals surface area contributed by atoms with Crippen LogP contribution in [-0.4, -0.2) is 21.5 Å². The molecular formula is C20H23N5. The second kappa shape index (κ2) is 8.24. The van der Waals surface area contributed by atoms with Gasteiger partial charge >= 0.3 is 0 Å². The molecule has 2 aromatic heterocycles. The third-order valence-corrected chi connectivity index (χ3v) is 3.66. The third kappa shape index (κ3) is 5.01. The largest absolute Gasteiger partial charge is 0.370 e. The molecule has 0 atom stereocenters. The summed E-state index contributed by atoms with van der Waals surface area (Å²) in [7, 11) is 0. The molecule has 3 aromatic rings. The molecule has 0 spiro atoms. The lowest BCUT2D eigenvalue weighted by Crippen LogP contribution is -2.11. The van der Waals surface area contributed by atoms with Crippen molar-refractivity contribution in [3.8, 4) is 11.3 Å². The molecule has 5 heteroatoms. The molecule has 0 aliphatic heterocycles. The highest BCUT2D eigenvalue weighted by molar-refractivity contribution is 5.64. The van der Waals surface area contributed by atoms with Gasteiger partial charge < -0.3 is 10.6 Å². The summed E-state index contributed by atoms with van der Waals surface area (Å²) >= 11 is 0. The van der Waals surface area contributed by atoms with E-state index in [2.05, 4.69) is 51.6 Å². The van der Waals surface area contributed by atoms with Gasteiger partial charge in [0.25, 0.3) is 0 Å². The predicted molar refractivity (Wildman–Crippen MR) is 102 cm³/mol. The van der Waals surface area contributed by atoms with Crippen LogP contribution in [0, 0.1) is 5.92 Å². The Morgan fingerprint density at radius 2 is 1.80 bits per heavy atom. The van der Waals surface area contributed by atoms with Crippen molar-refractivity contribution in [2.75, 3.05) is 17.2 Å². The number of nitrogens with zero attached hydrogens (tertiary/aromatic N) is 3. The molecule has 0 amide bonds. The van der Waals surface area contributed by atoms with Gasteiger partial charge in [0.2, 0.25) is 5.95 Å². The van der Waals surface area contributed by atoms with Gasteiger partial charge in [0.05, 0.1) is 5.69 Å². The number of benzene rings is 1. The van der Waals surface area contributed by atoms with E-state index < -0.39 is 0 Å². The fraction of sp³-hybridized carbons (Fsp3) is 0.250. The zero-order chi connectivity index (χ0) is 17.5. The Balaban J connectivity index is 1.83. The van der Waals surface area contributed by atoms with Crippen LogP contribution in [0.4, 0.5) is 11.8 Å². The standard InChI is InChI=1S/C20H23N5/c1-15(2)12-22-19-11-18(17-8-4-3-5-9-17)24-20(25-19)23-14-16-7-6-10-21-13-16/h3-11,13,15H,12,14H2,1-2H3,(H2,22,23,24,25). The molecule has 0 radical (unpaired) electrons. The first-order chi connectivity index (χ1) is 12.2. The minimum absolute atomic E-state index is 0.543. The number of hydrogen-bond acceptors (Lipinski definition) is 5. The van der Waals surface area contributed by atoms with Crippen LogP contribution in [0.5, 0.6) is 0 Å². The van der Waals surface area contributed by atoms with Crippen molar-refractivity contribution in [3.63, 3.8) is 0 Å². The van der Waals surface area contributed by atoms with Crippen molar-refractivity contribution < 1.29 is 0 Å². The van der Waals surface area contributed by atoms with Gasteiger partial charge in [-0.25, -0.2) is 4.98 Å². The van der Waals surface area contributed by atoms with E-state index in [1.807, 2.05) is 42.6 Å². The van der Waals surface area contributed by atoms with Gasteiger partial charge in [-0.05, 0) is 17.5 Å². The van der Waals surface area contributed by atoms with Gasteiger partial charge in [0, 0.05) is 37.1 Å². The third-order valence-electron chi connectivity index (χ3n) is 3.66. The molecule has 0 saturated carbocycles. The van der Waals surface area contributed by atoms with Crippen LogP contribution >= 0.6 is 0 Å². The quantitative estimate of drug-likeness (QED) is 0.678. The Morgan fingerprint density at radius 3 is 2.52 bits per heavy atom. The highest BCUT2D eigenvalue weighted by Gasteiger charge is 2.07. The number of aromatic nitrogens is 3. The topological polar surface area (TPSA) is 62.7 Å². The summed E-state index contributed by atoms with van der Waals surface area (Å²) in [5.74, 6) is 1.98. The molecule has 25 heavy (non-hydrogen) atoms. The van der Waals surface area contributed by atoms with Gasteiger partial charge in [0.15, 0.2) is 0 Å². The molecule has 0 saturated heterocycles. The molecular weight excluding hydrogens is 310 g/mol. The molecule has 2 heterocycles. The van der Waals surface area contributed by atoms with Crippen molar-refractivity contribution >= 4 is 11.8 Å². The van der Waals surface area contributed by atoms with Gasteiger partial charge in [-0.15, -0.1) is 0 Å². The van der Waals surface area contributed by atoms with E-state index >= 15 is 0 Å².